The van der Waals surface area contributed by atoms with Gasteiger partial charge in [-0.1, -0.05) is 22.6 Å². The van der Waals surface area contributed by atoms with Crippen LogP contribution >= 0.6 is 22.6 Å². The van der Waals surface area contributed by atoms with Gasteiger partial charge in [0.05, 0.1) is 0 Å². The zero-order valence-electron chi connectivity index (χ0n) is 8.09. The Morgan fingerprint density at radius 3 is 2.42 bits per heavy atom. The van der Waals surface area contributed by atoms with Gasteiger partial charge in [0.2, 0.25) is 0 Å². The topological polar surface area (TPSA) is 6.48 Å². The lowest BCUT2D eigenvalue weighted by molar-refractivity contribution is 0.212. The van der Waals surface area contributed by atoms with E-state index in [0.29, 0.717) is 0 Å². The van der Waals surface area contributed by atoms with E-state index in [0.717, 1.165) is 3.92 Å². The number of piperidine rings is 1. The Kier molecular flexibility index (Phi) is 4.82. The number of alkyl halides is 1. The Bertz CT molecular complexity index is 120. The first kappa shape index (κ1) is 10.7. The van der Waals surface area contributed by atoms with Crippen molar-refractivity contribution in [2.24, 2.45) is 0 Å². The number of hydrogen-bond donors (Lipinski definition) is 0. The Morgan fingerprint density at radius 2 is 1.92 bits per heavy atom. The van der Waals surface area contributed by atoms with E-state index in [4.69, 9.17) is 0 Å². The van der Waals surface area contributed by atoms with Crippen LogP contribution in [0.4, 0.5) is 0 Å². The lowest BCUT2D eigenvalue weighted by Crippen LogP contribution is -2.38. The first-order valence-electron chi connectivity index (χ1n) is 4.69. The van der Waals surface area contributed by atoms with Gasteiger partial charge in [-0.15, -0.1) is 0 Å². The van der Waals surface area contributed by atoms with Crippen molar-refractivity contribution in [1.82, 2.24) is 9.80 Å². The zero-order chi connectivity index (χ0) is 8.97. The molecule has 0 aliphatic carbocycles. The monoisotopic (exact) mass is 282 g/mol. The van der Waals surface area contributed by atoms with Gasteiger partial charge in [-0.05, 0) is 40.0 Å². The highest BCUT2D eigenvalue weighted by atomic mass is 127. The minimum absolute atomic E-state index is 0.929. The van der Waals surface area contributed by atoms with Gasteiger partial charge < -0.3 is 9.80 Å². The fourth-order valence-electron chi connectivity index (χ4n) is 1.47. The van der Waals surface area contributed by atoms with Crippen LogP contribution in [0.3, 0.4) is 0 Å². The van der Waals surface area contributed by atoms with Gasteiger partial charge in [0.1, 0.15) is 0 Å². The fraction of sp³-hybridized carbons (Fsp3) is 1.00. The first-order valence-corrected chi connectivity index (χ1v) is 5.94. The van der Waals surface area contributed by atoms with E-state index in [1.165, 1.54) is 39.0 Å². The highest BCUT2D eigenvalue weighted by Gasteiger charge is 2.15. The van der Waals surface area contributed by atoms with E-state index in [9.17, 15) is 0 Å². The summed E-state index contributed by atoms with van der Waals surface area (Å²) < 4.78 is 0.929. The summed E-state index contributed by atoms with van der Waals surface area (Å²) in [5.74, 6) is 0. The van der Waals surface area contributed by atoms with Gasteiger partial charge >= 0.3 is 0 Å². The summed E-state index contributed by atoms with van der Waals surface area (Å²) in [6.07, 6.45) is 2.77. The molecule has 0 aromatic carbocycles. The summed E-state index contributed by atoms with van der Waals surface area (Å²) in [6, 6.07) is 0. The molecule has 3 heteroatoms. The van der Waals surface area contributed by atoms with Crippen LogP contribution in [0.5, 0.6) is 0 Å². The Balaban J connectivity index is 2.09. The number of halogens is 1. The maximum absolute atomic E-state index is 2.58. The predicted molar refractivity (Wildman–Crippen MR) is 62.0 cm³/mol. The molecule has 1 heterocycles. The molecular formula is C9H19IN2. The van der Waals surface area contributed by atoms with Gasteiger partial charge in [-0.3, -0.25) is 0 Å². The fourth-order valence-corrected chi connectivity index (χ4v) is 2.02. The quantitative estimate of drug-likeness (QED) is 0.571. The van der Waals surface area contributed by atoms with E-state index >= 15 is 0 Å². The van der Waals surface area contributed by atoms with Crippen molar-refractivity contribution in [2.75, 3.05) is 40.3 Å². The van der Waals surface area contributed by atoms with Crippen molar-refractivity contribution in [3.8, 4) is 0 Å². The molecule has 0 atom stereocenters. The molecule has 0 N–H and O–H groups in total. The molecule has 0 spiro atoms. The van der Waals surface area contributed by atoms with Crippen LogP contribution in [-0.4, -0.2) is 54.0 Å². The summed E-state index contributed by atoms with van der Waals surface area (Å²) in [5, 5.41) is 0. The van der Waals surface area contributed by atoms with Crippen LogP contribution < -0.4 is 0 Å². The van der Waals surface area contributed by atoms with Crippen LogP contribution in [0.25, 0.3) is 0 Å². The molecule has 0 aromatic heterocycles. The van der Waals surface area contributed by atoms with Gasteiger partial charge in [-0.25, -0.2) is 0 Å². The van der Waals surface area contributed by atoms with Crippen LogP contribution in [0.2, 0.25) is 0 Å². The number of likely N-dealkylation sites (N-methyl/N-ethyl adjacent to an activating group) is 1. The molecule has 1 aliphatic heterocycles. The molecule has 2 nitrogen and oxygen atoms in total. The summed E-state index contributed by atoms with van der Waals surface area (Å²) in [4.78, 5) is 4.84. The molecular weight excluding hydrogens is 263 g/mol. The Labute approximate surface area is 89.4 Å². The predicted octanol–water partition coefficient (Wildman–Crippen LogP) is 1.45. The van der Waals surface area contributed by atoms with Crippen LogP contribution in [-0.2, 0) is 0 Å². The molecule has 72 valence electrons. The van der Waals surface area contributed by atoms with E-state index in [2.05, 4.69) is 46.5 Å². The third-order valence-electron chi connectivity index (χ3n) is 2.38. The van der Waals surface area contributed by atoms with E-state index in [1.54, 1.807) is 0 Å². The molecule has 0 unspecified atom stereocenters. The summed E-state index contributed by atoms with van der Waals surface area (Å²) in [7, 11) is 4.29. The zero-order valence-corrected chi connectivity index (χ0v) is 10.2. The summed E-state index contributed by atoms with van der Waals surface area (Å²) in [6.45, 7) is 5.06. The van der Waals surface area contributed by atoms with E-state index < -0.39 is 0 Å². The highest BCUT2D eigenvalue weighted by molar-refractivity contribution is 14.1. The Hall–Kier alpha value is 0.650. The standard InChI is InChI=1S/C9H19IN2/c1-11(2)7-8-12-5-3-9(10)4-6-12/h9H,3-8H2,1-2H3. The molecule has 1 rings (SSSR count). The van der Waals surface area contributed by atoms with Gasteiger partial charge in [0, 0.05) is 17.0 Å². The molecule has 0 bridgehead atoms. The number of hydrogen-bond acceptors (Lipinski definition) is 2. The van der Waals surface area contributed by atoms with E-state index in [-0.39, 0.29) is 0 Å². The van der Waals surface area contributed by atoms with Crippen molar-refractivity contribution >= 4 is 22.6 Å². The maximum Gasteiger partial charge on any atom is 0.0134 e. The number of nitrogens with zero attached hydrogens (tertiary/aromatic N) is 2. The second kappa shape index (κ2) is 5.40. The van der Waals surface area contributed by atoms with Gasteiger partial charge in [0.25, 0.3) is 0 Å². The summed E-state index contributed by atoms with van der Waals surface area (Å²) in [5.41, 5.74) is 0. The minimum atomic E-state index is 0.929. The number of rotatable bonds is 3. The lowest BCUT2D eigenvalue weighted by Gasteiger charge is -2.30. The molecule has 0 saturated carbocycles. The lowest BCUT2D eigenvalue weighted by atomic mass is 10.1. The third-order valence-corrected chi connectivity index (χ3v) is 3.63. The smallest absolute Gasteiger partial charge is 0.0134 e. The molecule has 0 aromatic rings. The summed E-state index contributed by atoms with van der Waals surface area (Å²) >= 11 is 2.57. The highest BCUT2D eigenvalue weighted by Crippen LogP contribution is 2.17. The minimum Gasteiger partial charge on any atom is -0.308 e. The molecule has 0 amide bonds. The van der Waals surface area contributed by atoms with Crippen LogP contribution in [0.15, 0.2) is 0 Å². The van der Waals surface area contributed by atoms with Gasteiger partial charge in [0.15, 0.2) is 0 Å². The second-order valence-electron chi connectivity index (χ2n) is 3.82. The van der Waals surface area contributed by atoms with Crippen molar-refractivity contribution in [3.05, 3.63) is 0 Å². The third kappa shape index (κ3) is 4.05. The second-order valence-corrected chi connectivity index (χ2v) is 5.58. The van der Waals surface area contributed by atoms with Crippen molar-refractivity contribution < 1.29 is 0 Å². The first-order chi connectivity index (χ1) is 5.68. The largest absolute Gasteiger partial charge is 0.308 e. The van der Waals surface area contributed by atoms with Crippen LogP contribution in [0, 0.1) is 0 Å². The average molecular weight is 282 g/mol. The van der Waals surface area contributed by atoms with Crippen molar-refractivity contribution in [1.29, 1.82) is 0 Å². The average Bonchev–Trinajstić information content (AvgIpc) is 2.03. The number of likely N-dealkylation sites (tertiary alicyclic amines) is 1. The maximum atomic E-state index is 2.58. The molecule has 1 fully saturated rings. The van der Waals surface area contributed by atoms with Crippen LogP contribution in [0.1, 0.15) is 12.8 Å². The normalized spacial score (nSPS) is 22.0. The van der Waals surface area contributed by atoms with Crippen molar-refractivity contribution in [2.45, 2.75) is 16.8 Å². The molecule has 1 saturated heterocycles. The SMILES string of the molecule is CN(C)CCN1CCC(I)CC1. The molecule has 0 radical (unpaired) electrons. The van der Waals surface area contributed by atoms with E-state index in [1.807, 2.05) is 0 Å². The Morgan fingerprint density at radius 1 is 1.33 bits per heavy atom. The van der Waals surface area contributed by atoms with Crippen molar-refractivity contribution in [3.63, 3.8) is 0 Å². The molecule has 12 heavy (non-hydrogen) atoms. The molecule has 1 aliphatic rings. The van der Waals surface area contributed by atoms with Gasteiger partial charge in [-0.2, -0.15) is 0 Å².